The molecule has 188 valence electrons. The van der Waals surface area contributed by atoms with E-state index in [2.05, 4.69) is 15.6 Å². The molecule has 0 aliphatic heterocycles. The number of anilines is 3. The Hall–Kier alpha value is -4.48. The number of nitrogen functional groups attached to an aromatic ring is 1. The van der Waals surface area contributed by atoms with Crippen LogP contribution in [-0.2, 0) is 9.59 Å². The fraction of sp³-hybridized carbons (Fsp3) is 0.160. The number of carboxylic acids is 1. The molecule has 0 saturated carbocycles. The summed E-state index contributed by atoms with van der Waals surface area (Å²) in [6.45, 7) is 1.81. The van der Waals surface area contributed by atoms with E-state index >= 15 is 0 Å². The van der Waals surface area contributed by atoms with Crippen LogP contribution in [0.4, 0.5) is 21.5 Å². The van der Waals surface area contributed by atoms with Crippen LogP contribution in [0.25, 0.3) is 11.1 Å². The molecule has 10 nitrogen and oxygen atoms in total. The summed E-state index contributed by atoms with van der Waals surface area (Å²) in [5.41, 5.74) is 20.9. The number of rotatable bonds is 9. The molecule has 0 aliphatic rings. The summed E-state index contributed by atoms with van der Waals surface area (Å²) in [6, 6.07) is 15.0. The summed E-state index contributed by atoms with van der Waals surface area (Å²) in [5.74, 6) is -2.78. The Morgan fingerprint density at radius 2 is 1.78 bits per heavy atom. The van der Waals surface area contributed by atoms with Crippen molar-refractivity contribution in [2.24, 2.45) is 16.5 Å². The number of carbonyl (C=O) groups is 2. The fourth-order valence-corrected chi connectivity index (χ4v) is 3.44. The van der Waals surface area contributed by atoms with E-state index in [-0.39, 0.29) is 17.2 Å². The number of aliphatic carboxylic acids is 1. The SMILES string of the molecule is Cc1ccc(F)c(NC(O)Nc2ccc(-c3cccc(N)c3C(N)=NC(=O)C[C@H](N)C(=O)O)cc2)c1. The van der Waals surface area contributed by atoms with E-state index in [0.29, 0.717) is 22.4 Å². The molecule has 0 bridgehead atoms. The normalized spacial score (nSPS) is 13.1. The topological polar surface area (TPSA) is 189 Å². The molecule has 3 rings (SSSR count). The van der Waals surface area contributed by atoms with E-state index in [1.54, 1.807) is 54.6 Å². The van der Waals surface area contributed by atoms with Crippen LogP contribution >= 0.6 is 0 Å². The van der Waals surface area contributed by atoms with Crippen molar-refractivity contribution in [3.05, 3.63) is 77.6 Å². The van der Waals surface area contributed by atoms with Crippen molar-refractivity contribution < 1.29 is 24.2 Å². The number of carboxylic acid groups (broad SMARTS) is 1. The second kappa shape index (κ2) is 11.3. The zero-order chi connectivity index (χ0) is 26.4. The molecule has 11 heteroatoms. The number of hydrogen-bond donors (Lipinski definition) is 7. The Labute approximate surface area is 206 Å². The van der Waals surface area contributed by atoms with E-state index in [9.17, 15) is 19.1 Å². The predicted octanol–water partition coefficient (Wildman–Crippen LogP) is 2.22. The minimum Gasteiger partial charge on any atom is -0.480 e. The average molecular weight is 495 g/mol. The third-order valence-electron chi connectivity index (χ3n) is 5.22. The molecule has 0 spiro atoms. The molecule has 0 saturated heterocycles. The molecule has 0 heterocycles. The van der Waals surface area contributed by atoms with Gasteiger partial charge in [-0.3, -0.25) is 9.59 Å². The van der Waals surface area contributed by atoms with E-state index in [0.717, 1.165) is 5.56 Å². The zero-order valence-corrected chi connectivity index (χ0v) is 19.4. The van der Waals surface area contributed by atoms with Gasteiger partial charge >= 0.3 is 5.97 Å². The number of nitrogens with zero attached hydrogens (tertiary/aromatic N) is 1. The average Bonchev–Trinajstić information content (AvgIpc) is 2.81. The second-order valence-electron chi connectivity index (χ2n) is 8.06. The highest BCUT2D eigenvalue weighted by molar-refractivity contribution is 6.11. The van der Waals surface area contributed by atoms with Gasteiger partial charge in [-0.05, 0) is 53.9 Å². The van der Waals surface area contributed by atoms with Crippen LogP contribution in [0.2, 0.25) is 0 Å². The lowest BCUT2D eigenvalue weighted by atomic mass is 9.97. The predicted molar refractivity (Wildman–Crippen MR) is 137 cm³/mol. The third kappa shape index (κ3) is 6.56. The van der Waals surface area contributed by atoms with Crippen molar-refractivity contribution in [2.75, 3.05) is 16.4 Å². The van der Waals surface area contributed by atoms with E-state index in [4.69, 9.17) is 22.3 Å². The van der Waals surface area contributed by atoms with Crippen molar-refractivity contribution in [3.8, 4) is 11.1 Å². The summed E-state index contributed by atoms with van der Waals surface area (Å²) in [4.78, 5) is 26.8. The van der Waals surface area contributed by atoms with Crippen molar-refractivity contribution in [1.29, 1.82) is 0 Å². The largest absolute Gasteiger partial charge is 0.480 e. The van der Waals surface area contributed by atoms with Crippen LogP contribution in [0.1, 0.15) is 17.5 Å². The lowest BCUT2D eigenvalue weighted by molar-refractivity contribution is -0.140. The first-order valence-electron chi connectivity index (χ1n) is 10.9. The van der Waals surface area contributed by atoms with Crippen molar-refractivity contribution in [1.82, 2.24) is 0 Å². The molecule has 2 atom stereocenters. The maximum atomic E-state index is 13.9. The van der Waals surface area contributed by atoms with E-state index < -0.39 is 36.5 Å². The minimum absolute atomic E-state index is 0.157. The number of aliphatic imine (C=N–C) groups is 1. The van der Waals surface area contributed by atoms with Gasteiger partial charge in [0.25, 0.3) is 0 Å². The lowest BCUT2D eigenvalue weighted by Gasteiger charge is -2.18. The van der Waals surface area contributed by atoms with Crippen LogP contribution in [0, 0.1) is 12.7 Å². The molecule has 0 aromatic heterocycles. The molecular formula is C25H27FN6O4. The number of carbonyl (C=O) groups excluding carboxylic acids is 1. The third-order valence-corrected chi connectivity index (χ3v) is 5.22. The maximum Gasteiger partial charge on any atom is 0.321 e. The molecule has 10 N–H and O–H groups in total. The minimum atomic E-state index is -1.39. The van der Waals surface area contributed by atoms with Gasteiger partial charge in [0.15, 0.2) is 0 Å². The first-order chi connectivity index (χ1) is 17.0. The van der Waals surface area contributed by atoms with Gasteiger partial charge < -0.3 is 38.0 Å². The molecule has 3 aromatic carbocycles. The van der Waals surface area contributed by atoms with Gasteiger partial charge in [0.1, 0.15) is 17.7 Å². The number of nitrogens with one attached hydrogen (secondary N) is 2. The number of halogens is 1. The van der Waals surface area contributed by atoms with Gasteiger partial charge in [0.05, 0.1) is 12.1 Å². The smallest absolute Gasteiger partial charge is 0.321 e. The van der Waals surface area contributed by atoms with Crippen molar-refractivity contribution in [3.63, 3.8) is 0 Å². The number of benzene rings is 3. The lowest BCUT2D eigenvalue weighted by Crippen LogP contribution is -2.32. The summed E-state index contributed by atoms with van der Waals surface area (Å²) in [6.07, 6.45) is -1.78. The summed E-state index contributed by atoms with van der Waals surface area (Å²) < 4.78 is 13.9. The second-order valence-corrected chi connectivity index (χ2v) is 8.06. The Morgan fingerprint density at radius 1 is 1.08 bits per heavy atom. The van der Waals surface area contributed by atoms with Crippen LogP contribution in [0.3, 0.4) is 0 Å². The Morgan fingerprint density at radius 3 is 2.44 bits per heavy atom. The monoisotopic (exact) mass is 494 g/mol. The van der Waals surface area contributed by atoms with Gasteiger partial charge in [-0.2, -0.15) is 4.99 Å². The number of amidine groups is 1. The quantitative estimate of drug-likeness (QED) is 0.101. The highest BCUT2D eigenvalue weighted by Gasteiger charge is 2.18. The molecule has 0 aliphatic carbocycles. The maximum absolute atomic E-state index is 13.9. The number of amides is 1. The molecule has 0 fully saturated rings. The molecule has 1 amide bonds. The summed E-state index contributed by atoms with van der Waals surface area (Å²) in [7, 11) is 0. The van der Waals surface area contributed by atoms with Gasteiger partial charge in [0, 0.05) is 16.9 Å². The molecule has 0 radical (unpaired) electrons. The number of hydrogen-bond acceptors (Lipinski definition) is 7. The van der Waals surface area contributed by atoms with Gasteiger partial charge in [-0.1, -0.05) is 30.3 Å². The van der Waals surface area contributed by atoms with E-state index in [1.165, 1.54) is 6.07 Å². The Bertz CT molecular complexity index is 1300. The molecule has 1 unspecified atom stereocenters. The van der Waals surface area contributed by atoms with Gasteiger partial charge in [-0.15, -0.1) is 0 Å². The van der Waals surface area contributed by atoms with Crippen LogP contribution < -0.4 is 27.8 Å². The first kappa shape index (κ1) is 26.1. The number of nitrogens with two attached hydrogens (primary N) is 3. The zero-order valence-electron chi connectivity index (χ0n) is 19.4. The van der Waals surface area contributed by atoms with Gasteiger partial charge in [-0.25, -0.2) is 4.39 Å². The molecular weight excluding hydrogens is 467 g/mol. The van der Waals surface area contributed by atoms with E-state index in [1.807, 2.05) is 6.92 Å². The summed E-state index contributed by atoms with van der Waals surface area (Å²) >= 11 is 0. The van der Waals surface area contributed by atoms with Crippen LogP contribution in [0.5, 0.6) is 0 Å². The standard InChI is InChI=1S/C25H27FN6O4/c1-13-5-10-17(26)20(11-13)31-25(36)30-15-8-6-14(7-9-15)16-3-2-4-18(27)22(16)23(29)32-21(33)12-19(28)24(34)35/h2-11,19,25,30-31,36H,12,27-28H2,1H3,(H,34,35)(H2,29,32,33)/t19-,25?/m0/s1. The number of aliphatic hydroxyl groups is 1. The highest BCUT2D eigenvalue weighted by atomic mass is 19.1. The highest BCUT2D eigenvalue weighted by Crippen LogP contribution is 2.29. The molecule has 36 heavy (non-hydrogen) atoms. The van der Waals surface area contributed by atoms with Gasteiger partial charge in [0.2, 0.25) is 12.3 Å². The fourth-order valence-electron chi connectivity index (χ4n) is 3.44. The molecule has 3 aromatic rings. The Kier molecular flexibility index (Phi) is 8.20. The first-order valence-corrected chi connectivity index (χ1v) is 10.9. The van der Waals surface area contributed by atoms with Crippen LogP contribution in [-0.4, -0.2) is 40.3 Å². The Balaban J connectivity index is 1.79. The van der Waals surface area contributed by atoms with Crippen LogP contribution in [0.15, 0.2) is 65.7 Å². The number of aryl methyl sites for hydroxylation is 1. The summed E-state index contributed by atoms with van der Waals surface area (Å²) in [5, 5.41) is 24.6. The van der Waals surface area contributed by atoms with Crippen molar-refractivity contribution >= 4 is 34.8 Å². The number of aliphatic hydroxyl groups excluding tert-OH is 1. The van der Waals surface area contributed by atoms with Crippen molar-refractivity contribution in [2.45, 2.75) is 25.7 Å².